The van der Waals surface area contributed by atoms with E-state index in [4.69, 9.17) is 13.8 Å². The predicted octanol–water partition coefficient (Wildman–Crippen LogP) is 5.28. The zero-order valence-electron chi connectivity index (χ0n) is 15.3. The summed E-state index contributed by atoms with van der Waals surface area (Å²) in [6.07, 6.45) is 0.894. The molecule has 2 rings (SSSR count). The van der Waals surface area contributed by atoms with E-state index < -0.39 is 13.4 Å². The summed E-state index contributed by atoms with van der Waals surface area (Å²) in [5.41, 5.74) is 1.74. The fourth-order valence-corrected chi connectivity index (χ4v) is 4.62. The molecular weight excluding hydrogens is 351 g/mol. The third-order valence-electron chi connectivity index (χ3n) is 3.93. The van der Waals surface area contributed by atoms with E-state index in [0.29, 0.717) is 6.42 Å². The van der Waals surface area contributed by atoms with Gasteiger partial charge in [0.1, 0.15) is 0 Å². The monoisotopic (exact) mass is 378 g/mol. The minimum atomic E-state index is -4.11. The summed E-state index contributed by atoms with van der Waals surface area (Å²) in [6.45, 7) is 3.75. The van der Waals surface area contributed by atoms with E-state index in [2.05, 4.69) is 0 Å². The van der Waals surface area contributed by atoms with Gasteiger partial charge in [-0.25, -0.2) is 0 Å². The number of carbonyl (C=O) groups excluding carboxylic acids is 1. The van der Waals surface area contributed by atoms with E-state index in [0.717, 1.165) is 17.5 Å². The first-order valence-corrected chi connectivity index (χ1v) is 11.4. The molecule has 0 aliphatic carbocycles. The van der Waals surface area contributed by atoms with Gasteiger partial charge in [-0.1, -0.05) is 0 Å². The van der Waals surface area contributed by atoms with E-state index in [1.165, 1.54) is 6.66 Å². The molecule has 0 aromatic heterocycles. The van der Waals surface area contributed by atoms with Crippen LogP contribution in [0.4, 0.5) is 4.79 Å². The summed E-state index contributed by atoms with van der Waals surface area (Å²) in [4.78, 5) is 23.3. The van der Waals surface area contributed by atoms with Crippen LogP contribution in [0, 0.1) is 0 Å². The zero-order chi connectivity index (χ0) is 18.9. The Morgan fingerprint density at radius 1 is 0.962 bits per heavy atom. The molecule has 6 heteroatoms. The second-order valence-electron chi connectivity index (χ2n) is 6.47. The van der Waals surface area contributed by atoms with Crippen molar-refractivity contribution in [2.24, 2.45) is 0 Å². The van der Waals surface area contributed by atoms with Gasteiger partial charge in [0.05, 0.1) is 0 Å². The van der Waals surface area contributed by atoms with Gasteiger partial charge in [-0.3, -0.25) is 0 Å². The standard InChI is InChI=1S/C20H27O5P/c1-3-4-15-26(2,22,24-17-19-13-9-6-10-14-19)25-20(21)23-16-18-11-7-5-8-12-18/h5-14,22H,3-4,15-17H2,1-2H3. The van der Waals surface area contributed by atoms with E-state index in [-0.39, 0.29) is 19.4 Å². The van der Waals surface area contributed by atoms with Gasteiger partial charge in [0, 0.05) is 0 Å². The Balaban J connectivity index is 1.99. The molecule has 0 fully saturated rings. The summed E-state index contributed by atoms with van der Waals surface area (Å²) < 4.78 is 16.3. The summed E-state index contributed by atoms with van der Waals surface area (Å²) in [6, 6.07) is 18.8. The molecule has 1 N–H and O–H groups in total. The van der Waals surface area contributed by atoms with Crippen LogP contribution in [0.3, 0.4) is 0 Å². The second-order valence-corrected chi connectivity index (χ2v) is 10.4. The van der Waals surface area contributed by atoms with Gasteiger partial charge in [-0.05, 0) is 0 Å². The third-order valence-corrected chi connectivity index (χ3v) is 6.67. The Hall–Kier alpha value is -1.94. The van der Waals surface area contributed by atoms with Crippen LogP contribution in [0.1, 0.15) is 30.9 Å². The van der Waals surface area contributed by atoms with Gasteiger partial charge >= 0.3 is 155 Å². The molecule has 0 saturated carbocycles. The molecule has 0 saturated heterocycles. The van der Waals surface area contributed by atoms with Crippen molar-refractivity contribution >= 4 is 13.4 Å². The maximum atomic E-state index is 12.2. The Kier molecular flexibility index (Phi) is 7.15. The molecule has 0 radical (unpaired) electrons. The first-order chi connectivity index (χ1) is 12.4. The quantitative estimate of drug-likeness (QED) is 0.475. The Bertz CT molecular complexity index is 688. The van der Waals surface area contributed by atoms with Crippen LogP contribution < -0.4 is 0 Å². The number of unbranched alkanes of at least 4 members (excludes halogenated alkanes) is 1. The van der Waals surface area contributed by atoms with Crippen molar-refractivity contribution in [3.8, 4) is 0 Å². The molecule has 2 aromatic rings. The molecule has 0 aliphatic heterocycles. The Morgan fingerprint density at radius 2 is 1.50 bits per heavy atom. The van der Waals surface area contributed by atoms with E-state index >= 15 is 0 Å². The van der Waals surface area contributed by atoms with Gasteiger partial charge in [-0.2, -0.15) is 0 Å². The number of hydrogen-bond acceptors (Lipinski definition) is 5. The fraction of sp³-hybridized carbons (Fsp3) is 0.350. The van der Waals surface area contributed by atoms with Gasteiger partial charge in [0.25, 0.3) is 0 Å². The third kappa shape index (κ3) is 6.75. The molecule has 0 heterocycles. The van der Waals surface area contributed by atoms with E-state index in [1.807, 2.05) is 67.6 Å². The van der Waals surface area contributed by atoms with Crippen LogP contribution >= 0.6 is 7.28 Å². The van der Waals surface area contributed by atoms with Crippen molar-refractivity contribution in [2.45, 2.75) is 33.0 Å². The van der Waals surface area contributed by atoms with Crippen molar-refractivity contribution in [3.63, 3.8) is 0 Å². The number of rotatable bonds is 9. The summed E-state index contributed by atoms with van der Waals surface area (Å²) in [5, 5.41) is 0. The molecular formula is C20H27O5P. The van der Waals surface area contributed by atoms with Crippen LogP contribution in [0.15, 0.2) is 60.7 Å². The topological polar surface area (TPSA) is 65.0 Å². The zero-order valence-corrected chi connectivity index (χ0v) is 16.2. The van der Waals surface area contributed by atoms with Crippen molar-refractivity contribution in [2.75, 3.05) is 12.8 Å². The first kappa shape index (κ1) is 20.4. The SMILES string of the molecule is CCCCP(C)(O)(OCc1ccccc1)OC(=O)OCc1ccccc1. The fourth-order valence-electron chi connectivity index (χ4n) is 2.40. The molecule has 0 unspecified atom stereocenters. The van der Waals surface area contributed by atoms with E-state index in [1.54, 1.807) is 0 Å². The van der Waals surface area contributed by atoms with Crippen LogP contribution in [0.5, 0.6) is 0 Å². The molecule has 0 spiro atoms. The van der Waals surface area contributed by atoms with Gasteiger partial charge in [-0.15, -0.1) is 0 Å². The number of ether oxygens (including phenoxy) is 1. The average Bonchev–Trinajstić information content (AvgIpc) is 2.65. The predicted molar refractivity (Wildman–Crippen MR) is 104 cm³/mol. The molecule has 0 amide bonds. The molecule has 142 valence electrons. The number of benzene rings is 2. The van der Waals surface area contributed by atoms with Gasteiger partial charge in [0.2, 0.25) is 0 Å². The molecule has 26 heavy (non-hydrogen) atoms. The summed E-state index contributed by atoms with van der Waals surface area (Å²) in [7, 11) is -4.11. The number of hydrogen-bond donors (Lipinski definition) is 1. The molecule has 0 aliphatic rings. The van der Waals surface area contributed by atoms with Crippen molar-refractivity contribution in [1.29, 1.82) is 0 Å². The minimum absolute atomic E-state index is 0.0820. The normalized spacial score (nSPS) is 12.8. The average molecular weight is 378 g/mol. The molecule has 5 nitrogen and oxygen atoms in total. The maximum absolute atomic E-state index is 12.2. The molecule has 0 atom stereocenters. The van der Waals surface area contributed by atoms with Crippen molar-refractivity contribution in [1.82, 2.24) is 0 Å². The van der Waals surface area contributed by atoms with Crippen molar-refractivity contribution in [3.05, 3.63) is 71.8 Å². The van der Waals surface area contributed by atoms with Crippen LogP contribution in [0.25, 0.3) is 0 Å². The van der Waals surface area contributed by atoms with E-state index in [9.17, 15) is 9.69 Å². The molecule has 0 bridgehead atoms. The first-order valence-electron chi connectivity index (χ1n) is 8.75. The second kappa shape index (κ2) is 9.13. The van der Waals surface area contributed by atoms with Crippen molar-refractivity contribution < 1.29 is 23.5 Å². The Labute approximate surface area is 155 Å². The summed E-state index contributed by atoms with van der Waals surface area (Å²) in [5.74, 6) is 0. The van der Waals surface area contributed by atoms with Gasteiger partial charge in [0.15, 0.2) is 0 Å². The summed E-state index contributed by atoms with van der Waals surface area (Å²) >= 11 is 0. The molecule has 2 aromatic carbocycles. The van der Waals surface area contributed by atoms with Crippen LogP contribution in [0.2, 0.25) is 0 Å². The van der Waals surface area contributed by atoms with Crippen LogP contribution in [-0.2, 0) is 27.0 Å². The van der Waals surface area contributed by atoms with Gasteiger partial charge < -0.3 is 0 Å². The van der Waals surface area contributed by atoms with Crippen LogP contribution in [-0.4, -0.2) is 23.9 Å². The number of carbonyl (C=O) groups is 1. The Morgan fingerprint density at radius 3 is 2.04 bits per heavy atom.